The average Bonchev–Trinajstić information content (AvgIpc) is 2.64. The highest BCUT2D eigenvalue weighted by Gasteiger charge is 2.35. The van der Waals surface area contributed by atoms with Crippen LogP contribution in [0.25, 0.3) is 0 Å². The summed E-state index contributed by atoms with van der Waals surface area (Å²) in [5.74, 6) is -0.679. The molecule has 6 nitrogen and oxygen atoms in total. The molecule has 0 bridgehead atoms. The lowest BCUT2D eigenvalue weighted by Crippen LogP contribution is -2.34. The Morgan fingerprint density at radius 1 is 0.941 bits per heavy atom. The molecule has 1 fully saturated rings. The van der Waals surface area contributed by atoms with Crippen molar-refractivity contribution in [2.75, 3.05) is 18.3 Å². The molecular formula is C9H14O6S2. The van der Waals surface area contributed by atoms with E-state index in [1.807, 2.05) is 0 Å². The average molecular weight is 282 g/mol. The zero-order valence-corrected chi connectivity index (χ0v) is 10.7. The van der Waals surface area contributed by atoms with Crippen LogP contribution in [-0.2, 0) is 29.1 Å². The topological polar surface area (TPSA) is 86.7 Å². The van der Waals surface area contributed by atoms with Gasteiger partial charge in [0.1, 0.15) is 19.0 Å². The molecule has 1 heterocycles. The summed E-state index contributed by atoms with van der Waals surface area (Å²) in [5, 5.41) is 1.63. The minimum atomic E-state index is -3.46. The Bertz CT molecular complexity index is 444. The van der Waals surface area contributed by atoms with Crippen molar-refractivity contribution < 1.29 is 26.3 Å². The highest BCUT2D eigenvalue weighted by atomic mass is 32.2. The Labute approximate surface area is 101 Å². The lowest BCUT2D eigenvalue weighted by atomic mass is 10.3. The van der Waals surface area contributed by atoms with Gasteiger partial charge in [-0.05, 0) is 0 Å². The van der Waals surface area contributed by atoms with E-state index in [-0.39, 0.29) is 18.3 Å². The second-order valence-electron chi connectivity index (χ2n) is 3.52. The van der Waals surface area contributed by atoms with Crippen molar-refractivity contribution in [3.05, 3.63) is 24.0 Å². The van der Waals surface area contributed by atoms with Gasteiger partial charge in [-0.1, -0.05) is 13.2 Å². The van der Waals surface area contributed by atoms with E-state index < -0.39 is 31.9 Å². The molecule has 0 radical (unpaired) electrons. The van der Waals surface area contributed by atoms with E-state index in [4.69, 9.17) is 9.47 Å². The van der Waals surface area contributed by atoms with Gasteiger partial charge in [-0.2, -0.15) is 0 Å². The molecule has 0 spiro atoms. The second kappa shape index (κ2) is 5.30. The van der Waals surface area contributed by atoms with Crippen LogP contribution in [0.1, 0.15) is 0 Å². The Kier molecular flexibility index (Phi) is 4.48. The van der Waals surface area contributed by atoms with E-state index >= 15 is 0 Å². The highest BCUT2D eigenvalue weighted by molar-refractivity contribution is 7.94. The van der Waals surface area contributed by atoms with Gasteiger partial charge in [0, 0.05) is 10.8 Å². The smallest absolute Gasteiger partial charge is 0.173 e. The molecule has 0 aromatic heterocycles. The normalized spacial score (nSPS) is 25.6. The monoisotopic (exact) mass is 282 g/mol. The summed E-state index contributed by atoms with van der Waals surface area (Å²) < 4.78 is 55.3. The molecule has 0 aromatic carbocycles. The number of hydrogen-bond acceptors (Lipinski definition) is 6. The van der Waals surface area contributed by atoms with Crippen molar-refractivity contribution >= 4 is 19.7 Å². The summed E-state index contributed by atoms with van der Waals surface area (Å²) in [6.45, 7) is 6.23. The van der Waals surface area contributed by atoms with E-state index in [2.05, 4.69) is 13.2 Å². The van der Waals surface area contributed by atoms with Gasteiger partial charge < -0.3 is 9.47 Å². The largest absolute Gasteiger partial charge is 0.348 e. The van der Waals surface area contributed by atoms with Crippen LogP contribution in [0.15, 0.2) is 24.0 Å². The molecule has 1 rings (SSSR count). The number of ether oxygens (including phenoxy) is 2. The van der Waals surface area contributed by atoms with Crippen molar-refractivity contribution in [1.82, 2.24) is 0 Å². The summed E-state index contributed by atoms with van der Waals surface area (Å²) in [6.07, 6.45) is -1.60. The van der Waals surface area contributed by atoms with Crippen LogP contribution in [0.3, 0.4) is 0 Å². The van der Waals surface area contributed by atoms with E-state index in [1.54, 1.807) is 0 Å². The fourth-order valence-electron chi connectivity index (χ4n) is 1.33. The van der Waals surface area contributed by atoms with Crippen LogP contribution in [0.5, 0.6) is 0 Å². The second-order valence-corrected chi connectivity index (χ2v) is 7.51. The number of rotatable bonds is 6. The summed E-state index contributed by atoms with van der Waals surface area (Å²) >= 11 is 0. The molecule has 1 aliphatic rings. The molecule has 17 heavy (non-hydrogen) atoms. The van der Waals surface area contributed by atoms with Gasteiger partial charge in [0.2, 0.25) is 0 Å². The molecule has 2 atom stereocenters. The third kappa shape index (κ3) is 4.23. The SMILES string of the molecule is C=CS(=O)(=O)CC1OCOC1CS(=O)(=O)C=C. The predicted octanol–water partition coefficient (Wildman–Crippen LogP) is -0.155. The van der Waals surface area contributed by atoms with Gasteiger partial charge in [-0.25, -0.2) is 16.8 Å². The van der Waals surface area contributed by atoms with Crippen molar-refractivity contribution in [2.45, 2.75) is 12.2 Å². The maximum atomic E-state index is 11.3. The van der Waals surface area contributed by atoms with Gasteiger partial charge in [0.25, 0.3) is 0 Å². The third-order valence-corrected chi connectivity index (χ3v) is 4.88. The molecule has 0 N–H and O–H groups in total. The molecule has 2 unspecified atom stereocenters. The number of hydrogen-bond donors (Lipinski definition) is 0. The standard InChI is InChI=1S/C9H14O6S2/c1-3-16(10,11)5-8-9(15-7-14-8)6-17(12,13)4-2/h3-4,8-9H,1-2,5-7H2. The Morgan fingerprint density at radius 2 is 1.29 bits per heavy atom. The zero-order valence-electron chi connectivity index (χ0n) is 9.11. The van der Waals surface area contributed by atoms with E-state index in [9.17, 15) is 16.8 Å². The maximum absolute atomic E-state index is 11.3. The van der Waals surface area contributed by atoms with Gasteiger partial charge in [0.05, 0.1) is 11.5 Å². The van der Waals surface area contributed by atoms with Crippen molar-refractivity contribution in [2.24, 2.45) is 0 Å². The first kappa shape index (κ1) is 14.4. The van der Waals surface area contributed by atoms with Crippen LogP contribution >= 0.6 is 0 Å². The van der Waals surface area contributed by atoms with E-state index in [0.717, 1.165) is 10.8 Å². The zero-order chi connectivity index (χ0) is 13.1. The summed E-state index contributed by atoms with van der Waals surface area (Å²) in [6, 6.07) is 0. The van der Waals surface area contributed by atoms with Gasteiger partial charge in [0.15, 0.2) is 19.7 Å². The fourth-order valence-corrected chi connectivity index (χ4v) is 3.14. The van der Waals surface area contributed by atoms with Crippen LogP contribution in [0, 0.1) is 0 Å². The van der Waals surface area contributed by atoms with Crippen LogP contribution < -0.4 is 0 Å². The summed E-state index contributed by atoms with van der Waals surface area (Å²) in [5.41, 5.74) is 0. The first-order valence-corrected chi connectivity index (χ1v) is 8.16. The van der Waals surface area contributed by atoms with Gasteiger partial charge in [-0.3, -0.25) is 0 Å². The minimum Gasteiger partial charge on any atom is -0.348 e. The maximum Gasteiger partial charge on any atom is 0.173 e. The minimum absolute atomic E-state index is 0.116. The summed E-state index contributed by atoms with van der Waals surface area (Å²) in [7, 11) is -6.92. The van der Waals surface area contributed by atoms with E-state index in [1.165, 1.54) is 0 Å². The van der Waals surface area contributed by atoms with Crippen molar-refractivity contribution in [3.63, 3.8) is 0 Å². The summed E-state index contributed by atoms with van der Waals surface area (Å²) in [4.78, 5) is 0. The lowest BCUT2D eigenvalue weighted by Gasteiger charge is -2.14. The Morgan fingerprint density at radius 3 is 1.59 bits per heavy atom. The van der Waals surface area contributed by atoms with Crippen molar-refractivity contribution in [1.29, 1.82) is 0 Å². The van der Waals surface area contributed by atoms with E-state index in [0.29, 0.717) is 0 Å². The highest BCUT2D eigenvalue weighted by Crippen LogP contribution is 2.17. The molecule has 0 aromatic rings. The third-order valence-electron chi connectivity index (χ3n) is 2.28. The molecule has 1 saturated heterocycles. The van der Waals surface area contributed by atoms with Crippen LogP contribution in [-0.4, -0.2) is 47.3 Å². The molecule has 8 heteroatoms. The lowest BCUT2D eigenvalue weighted by molar-refractivity contribution is 0.0441. The molecule has 0 amide bonds. The first-order valence-electron chi connectivity index (χ1n) is 4.73. The fraction of sp³-hybridized carbons (Fsp3) is 0.556. The van der Waals surface area contributed by atoms with Crippen LogP contribution in [0.4, 0.5) is 0 Å². The van der Waals surface area contributed by atoms with Crippen molar-refractivity contribution in [3.8, 4) is 0 Å². The molecule has 0 saturated carbocycles. The van der Waals surface area contributed by atoms with Gasteiger partial charge >= 0.3 is 0 Å². The first-order chi connectivity index (χ1) is 7.79. The van der Waals surface area contributed by atoms with Crippen LogP contribution in [0.2, 0.25) is 0 Å². The molecule has 1 aliphatic heterocycles. The number of sulfone groups is 2. The quantitative estimate of drug-likeness (QED) is 0.673. The van der Waals surface area contributed by atoms with Gasteiger partial charge in [-0.15, -0.1) is 0 Å². The molecular weight excluding hydrogens is 268 g/mol. The Hall–Kier alpha value is -0.700. The molecule has 98 valence electrons. The predicted molar refractivity (Wildman–Crippen MR) is 62.6 cm³/mol. The Balaban J connectivity index is 2.74. The molecule has 0 aliphatic carbocycles.